The number of carbonyl (C=O) groups excluding carboxylic acids is 1. The minimum absolute atomic E-state index is 0.0671. The topological polar surface area (TPSA) is 214 Å². The summed E-state index contributed by atoms with van der Waals surface area (Å²) in [6, 6.07) is 0. The number of carbonyl (C=O) groups is 1. The second-order valence-corrected chi connectivity index (χ2v) is 14.1. The number of aliphatic hydroxyl groups excluding tert-OH is 7. The first-order chi connectivity index (χ1) is 24.6. The lowest BCUT2D eigenvalue weighted by Gasteiger charge is -2.42. The van der Waals surface area contributed by atoms with Crippen LogP contribution < -0.4 is 0 Å². The summed E-state index contributed by atoms with van der Waals surface area (Å²) in [5.74, 6) is -0.381. The molecule has 2 aliphatic heterocycles. The van der Waals surface area contributed by atoms with Crippen LogP contribution in [0.2, 0.25) is 0 Å². The molecule has 7 N–H and O–H groups in total. The van der Waals surface area contributed by atoms with E-state index in [1.165, 1.54) is 64.2 Å². The Hall–Kier alpha value is -1.01. The third-order valence-electron chi connectivity index (χ3n) is 9.62. The van der Waals surface area contributed by atoms with E-state index >= 15 is 0 Å². The van der Waals surface area contributed by atoms with E-state index in [9.17, 15) is 40.5 Å². The number of esters is 1. The standard InChI is InChI=1S/C37H70O14/c1-3-5-7-9-11-13-14-16-18-20-29(39)49-26(23-46-21-19-17-15-12-10-8-6-4-2)24-47-36-35(45)33(43)31(41)28(51-36)25-48-37-34(44)32(42)30(40)27(22-38)50-37/h26-28,30-38,40-45H,3-25H2,1-2H3. The Kier molecular flexibility index (Phi) is 24.9. The zero-order chi connectivity index (χ0) is 37.4. The van der Waals surface area contributed by atoms with Gasteiger partial charge in [-0.2, -0.15) is 0 Å². The number of rotatable bonds is 29. The number of ether oxygens (including phenoxy) is 6. The molecule has 0 aromatic rings. The van der Waals surface area contributed by atoms with E-state index in [4.69, 9.17) is 28.4 Å². The number of unbranched alkanes of at least 4 members (excludes halogenated alkanes) is 15. The van der Waals surface area contributed by atoms with E-state index in [-0.39, 0.29) is 25.6 Å². The first-order valence-electron chi connectivity index (χ1n) is 19.6. The summed E-state index contributed by atoms with van der Waals surface area (Å²) < 4.78 is 33.9. The molecule has 14 nitrogen and oxygen atoms in total. The highest BCUT2D eigenvalue weighted by molar-refractivity contribution is 5.69. The van der Waals surface area contributed by atoms with Gasteiger partial charge < -0.3 is 64.2 Å². The van der Waals surface area contributed by atoms with Gasteiger partial charge in [-0.05, 0) is 12.8 Å². The Morgan fingerprint density at radius 2 is 1.04 bits per heavy atom. The molecular weight excluding hydrogens is 668 g/mol. The highest BCUT2D eigenvalue weighted by Gasteiger charge is 2.47. The zero-order valence-electron chi connectivity index (χ0n) is 31.1. The minimum atomic E-state index is -1.70. The fourth-order valence-corrected chi connectivity index (χ4v) is 6.28. The first-order valence-corrected chi connectivity index (χ1v) is 19.6. The maximum atomic E-state index is 12.8. The van der Waals surface area contributed by atoms with Crippen LogP contribution in [0.5, 0.6) is 0 Å². The minimum Gasteiger partial charge on any atom is -0.457 e. The van der Waals surface area contributed by atoms with Crippen LogP contribution in [0.15, 0.2) is 0 Å². The molecule has 11 atom stereocenters. The van der Waals surface area contributed by atoms with Crippen LogP contribution in [0.25, 0.3) is 0 Å². The molecule has 0 aromatic heterocycles. The summed E-state index contributed by atoms with van der Waals surface area (Å²) in [4.78, 5) is 12.8. The molecule has 2 fully saturated rings. The summed E-state index contributed by atoms with van der Waals surface area (Å²) in [6.07, 6.45) is 3.49. The summed E-state index contributed by atoms with van der Waals surface area (Å²) in [6.45, 7) is 3.61. The second-order valence-electron chi connectivity index (χ2n) is 14.1. The van der Waals surface area contributed by atoms with E-state index < -0.39 is 80.7 Å². The maximum absolute atomic E-state index is 12.8. The lowest BCUT2D eigenvalue weighted by molar-refractivity contribution is -0.332. The molecule has 51 heavy (non-hydrogen) atoms. The Labute approximate surface area is 304 Å². The molecule has 0 saturated carbocycles. The number of hydrogen-bond donors (Lipinski definition) is 7. The highest BCUT2D eigenvalue weighted by Crippen LogP contribution is 2.26. The van der Waals surface area contributed by atoms with Gasteiger partial charge in [0.25, 0.3) is 0 Å². The molecule has 2 heterocycles. The van der Waals surface area contributed by atoms with Gasteiger partial charge in [-0.25, -0.2) is 0 Å². The fourth-order valence-electron chi connectivity index (χ4n) is 6.28. The lowest BCUT2D eigenvalue weighted by atomic mass is 9.98. The van der Waals surface area contributed by atoms with Crippen molar-refractivity contribution in [3.05, 3.63) is 0 Å². The maximum Gasteiger partial charge on any atom is 0.306 e. The predicted octanol–water partition coefficient (Wildman–Crippen LogP) is 2.62. The molecule has 0 amide bonds. The van der Waals surface area contributed by atoms with E-state index in [2.05, 4.69) is 13.8 Å². The predicted molar refractivity (Wildman–Crippen MR) is 188 cm³/mol. The van der Waals surface area contributed by atoms with Crippen molar-refractivity contribution in [2.24, 2.45) is 0 Å². The third-order valence-corrected chi connectivity index (χ3v) is 9.62. The van der Waals surface area contributed by atoms with Gasteiger partial charge in [-0.15, -0.1) is 0 Å². The molecule has 11 unspecified atom stereocenters. The van der Waals surface area contributed by atoms with Gasteiger partial charge in [0.1, 0.15) is 54.9 Å². The van der Waals surface area contributed by atoms with Crippen LogP contribution in [-0.2, 0) is 33.2 Å². The van der Waals surface area contributed by atoms with Gasteiger partial charge in [-0.1, -0.05) is 110 Å². The van der Waals surface area contributed by atoms with Crippen molar-refractivity contribution in [2.75, 3.05) is 33.0 Å². The van der Waals surface area contributed by atoms with Crippen molar-refractivity contribution in [1.29, 1.82) is 0 Å². The molecule has 0 aliphatic carbocycles. The van der Waals surface area contributed by atoms with Crippen molar-refractivity contribution < 1.29 is 69.0 Å². The smallest absolute Gasteiger partial charge is 0.306 e. The van der Waals surface area contributed by atoms with Crippen molar-refractivity contribution in [3.8, 4) is 0 Å². The summed E-state index contributed by atoms with van der Waals surface area (Å²) in [5, 5.41) is 71.5. The summed E-state index contributed by atoms with van der Waals surface area (Å²) in [7, 11) is 0. The SMILES string of the molecule is CCCCCCCCCCCC(=O)OC(COCCCCCCCCCC)COC1OC(COC2OC(CO)C(O)C(O)C2O)C(O)C(O)C1O. The van der Waals surface area contributed by atoms with Crippen molar-refractivity contribution >= 4 is 5.97 Å². The summed E-state index contributed by atoms with van der Waals surface area (Å²) in [5.41, 5.74) is 0. The Morgan fingerprint density at radius 3 is 1.59 bits per heavy atom. The Bertz CT molecular complexity index is 865. The average molecular weight is 739 g/mol. The normalized spacial score (nSPS) is 30.4. The monoisotopic (exact) mass is 738 g/mol. The zero-order valence-corrected chi connectivity index (χ0v) is 31.1. The van der Waals surface area contributed by atoms with Gasteiger partial charge in [0.15, 0.2) is 12.6 Å². The summed E-state index contributed by atoms with van der Waals surface area (Å²) >= 11 is 0. The first kappa shape index (κ1) is 46.1. The molecule has 2 aliphatic rings. The van der Waals surface area contributed by atoms with E-state index in [0.29, 0.717) is 13.0 Å². The van der Waals surface area contributed by atoms with Crippen LogP contribution in [-0.4, -0.2) is 142 Å². The molecule has 0 radical (unpaired) electrons. The van der Waals surface area contributed by atoms with E-state index in [1.54, 1.807) is 0 Å². The van der Waals surface area contributed by atoms with E-state index in [1.807, 2.05) is 0 Å². The molecule has 302 valence electrons. The molecule has 0 spiro atoms. The van der Waals surface area contributed by atoms with Crippen molar-refractivity contribution in [3.63, 3.8) is 0 Å². The van der Waals surface area contributed by atoms with Crippen LogP contribution in [0, 0.1) is 0 Å². The second kappa shape index (κ2) is 27.6. The largest absolute Gasteiger partial charge is 0.457 e. The van der Waals surface area contributed by atoms with Gasteiger partial charge in [0, 0.05) is 13.0 Å². The molecule has 2 saturated heterocycles. The Morgan fingerprint density at radius 1 is 0.569 bits per heavy atom. The van der Waals surface area contributed by atoms with Gasteiger partial charge in [0.2, 0.25) is 0 Å². The van der Waals surface area contributed by atoms with Gasteiger partial charge >= 0.3 is 5.97 Å². The van der Waals surface area contributed by atoms with Crippen LogP contribution >= 0.6 is 0 Å². The van der Waals surface area contributed by atoms with Crippen LogP contribution in [0.1, 0.15) is 129 Å². The third kappa shape index (κ3) is 17.8. The molecule has 14 heteroatoms. The fraction of sp³-hybridized carbons (Fsp3) is 0.973. The number of hydrogen-bond acceptors (Lipinski definition) is 14. The number of aliphatic hydroxyl groups is 7. The molecule has 0 bridgehead atoms. The average Bonchev–Trinajstić information content (AvgIpc) is 3.12. The van der Waals surface area contributed by atoms with Crippen molar-refractivity contribution in [1.82, 2.24) is 0 Å². The Balaban J connectivity index is 1.87. The molecular formula is C37H70O14. The quantitative estimate of drug-likeness (QED) is 0.0434. The lowest BCUT2D eigenvalue weighted by Crippen LogP contribution is -2.61. The van der Waals surface area contributed by atoms with Crippen LogP contribution in [0.3, 0.4) is 0 Å². The van der Waals surface area contributed by atoms with Crippen LogP contribution in [0.4, 0.5) is 0 Å². The van der Waals surface area contributed by atoms with Gasteiger partial charge in [0.05, 0.1) is 26.4 Å². The highest BCUT2D eigenvalue weighted by atomic mass is 16.7. The van der Waals surface area contributed by atoms with E-state index in [0.717, 1.165) is 38.5 Å². The van der Waals surface area contributed by atoms with Gasteiger partial charge in [-0.3, -0.25) is 4.79 Å². The molecule has 2 rings (SSSR count). The van der Waals surface area contributed by atoms with Crippen molar-refractivity contribution in [2.45, 2.75) is 197 Å². The molecule has 0 aromatic carbocycles.